The zero-order chi connectivity index (χ0) is 17.4. The van der Waals surface area contributed by atoms with Crippen molar-refractivity contribution in [2.24, 2.45) is 14.1 Å². The van der Waals surface area contributed by atoms with Crippen LogP contribution >= 0.6 is 0 Å². The van der Waals surface area contributed by atoms with E-state index in [0.717, 1.165) is 11.0 Å². The van der Waals surface area contributed by atoms with Gasteiger partial charge < -0.3 is 4.90 Å². The van der Waals surface area contributed by atoms with Crippen molar-refractivity contribution in [2.75, 3.05) is 18.0 Å². The van der Waals surface area contributed by atoms with Gasteiger partial charge in [-0.05, 0) is 24.5 Å². The van der Waals surface area contributed by atoms with Gasteiger partial charge >= 0.3 is 5.69 Å². The molecule has 0 radical (unpaired) electrons. The number of hydrogen-bond acceptors (Lipinski definition) is 4. The lowest BCUT2D eigenvalue weighted by Crippen LogP contribution is -2.42. The molecule has 0 amide bonds. The number of benzene rings is 1. The molecule has 6 nitrogen and oxygen atoms in total. The third-order valence-electron chi connectivity index (χ3n) is 4.86. The number of anilines is 1. The summed E-state index contributed by atoms with van der Waals surface area (Å²) in [5.74, 6) is 0.763. The maximum absolute atomic E-state index is 12.3. The molecule has 1 unspecified atom stereocenters. The van der Waals surface area contributed by atoms with E-state index in [2.05, 4.69) is 19.1 Å². The Morgan fingerprint density at radius 2 is 1.88 bits per heavy atom. The maximum Gasteiger partial charge on any atom is 0.332 e. The van der Waals surface area contributed by atoms with Crippen LogP contribution < -0.4 is 16.1 Å². The Kier molecular flexibility index (Phi) is 4.02. The van der Waals surface area contributed by atoms with Crippen molar-refractivity contribution < 1.29 is 0 Å². The van der Waals surface area contributed by atoms with E-state index in [0.29, 0.717) is 24.8 Å². The monoisotopic (exact) mass is 324 g/mol. The van der Waals surface area contributed by atoms with Gasteiger partial charge in [-0.3, -0.25) is 13.9 Å². The van der Waals surface area contributed by atoms with Crippen LogP contribution in [0.25, 0.3) is 0 Å². The van der Waals surface area contributed by atoms with Gasteiger partial charge in [-0.15, -0.1) is 0 Å². The van der Waals surface area contributed by atoms with Crippen LogP contribution in [0.2, 0.25) is 0 Å². The van der Waals surface area contributed by atoms with Gasteiger partial charge in [-0.25, -0.2) is 4.79 Å². The van der Waals surface area contributed by atoms with E-state index in [9.17, 15) is 14.9 Å². The molecule has 1 aliphatic rings. The topological polar surface area (TPSA) is 71.0 Å². The molecule has 1 fully saturated rings. The van der Waals surface area contributed by atoms with Crippen LogP contribution in [0.3, 0.4) is 0 Å². The Morgan fingerprint density at radius 3 is 2.54 bits per heavy atom. The normalized spacial score (nSPS) is 17.1. The molecule has 1 atom stereocenters. The number of aryl methyl sites for hydroxylation is 1. The lowest BCUT2D eigenvalue weighted by atomic mass is 9.94. The summed E-state index contributed by atoms with van der Waals surface area (Å²) in [6.07, 6.45) is 0.930. The standard InChI is InChI=1S/C18H20N4O2/c1-12-6-4-5-7-14(12)13-8-9-22(11-13)16-15(10-19)17(23)21(3)18(24)20(16)2/h4-7,13H,8-9,11H2,1-3H3. The van der Waals surface area contributed by atoms with Gasteiger partial charge in [0.2, 0.25) is 0 Å². The Balaban J connectivity index is 2.04. The molecule has 3 rings (SSSR count). The van der Waals surface area contributed by atoms with E-state index >= 15 is 0 Å². The molecule has 1 aliphatic heterocycles. The average Bonchev–Trinajstić information content (AvgIpc) is 3.05. The lowest BCUT2D eigenvalue weighted by Gasteiger charge is -2.23. The Bertz CT molecular complexity index is 949. The fraction of sp³-hybridized carbons (Fsp3) is 0.389. The van der Waals surface area contributed by atoms with Gasteiger partial charge in [-0.2, -0.15) is 5.26 Å². The van der Waals surface area contributed by atoms with Crippen LogP contribution in [0, 0.1) is 18.3 Å². The summed E-state index contributed by atoms with van der Waals surface area (Å²) in [5, 5.41) is 9.42. The second-order valence-corrected chi connectivity index (χ2v) is 6.30. The molecule has 1 saturated heterocycles. The first-order chi connectivity index (χ1) is 11.5. The van der Waals surface area contributed by atoms with Gasteiger partial charge in [0.05, 0.1) is 0 Å². The van der Waals surface area contributed by atoms with E-state index in [1.165, 1.54) is 22.7 Å². The number of nitrogens with zero attached hydrogens (tertiary/aromatic N) is 4. The molecule has 1 aromatic carbocycles. The van der Waals surface area contributed by atoms with Crippen LogP contribution in [0.15, 0.2) is 33.9 Å². The smallest absolute Gasteiger partial charge is 0.332 e. The molecule has 0 spiro atoms. The molecule has 24 heavy (non-hydrogen) atoms. The summed E-state index contributed by atoms with van der Waals surface area (Å²) in [4.78, 5) is 26.5. The van der Waals surface area contributed by atoms with Gasteiger partial charge in [0, 0.05) is 33.1 Å². The summed E-state index contributed by atoms with van der Waals surface area (Å²) in [6, 6.07) is 10.2. The van der Waals surface area contributed by atoms with Crippen LogP contribution in [0.5, 0.6) is 0 Å². The molecule has 6 heteroatoms. The molecule has 124 valence electrons. The van der Waals surface area contributed by atoms with E-state index in [-0.39, 0.29) is 5.56 Å². The molecular formula is C18H20N4O2. The number of aromatic nitrogens is 2. The predicted molar refractivity (Wildman–Crippen MR) is 92.4 cm³/mol. The summed E-state index contributed by atoms with van der Waals surface area (Å²) in [6.45, 7) is 3.50. The molecular weight excluding hydrogens is 304 g/mol. The molecule has 2 heterocycles. The molecule has 1 aromatic heterocycles. The molecule has 0 aliphatic carbocycles. The first kappa shape index (κ1) is 16.1. The Labute approximate surface area is 140 Å². The van der Waals surface area contributed by atoms with Crippen LogP contribution in [-0.2, 0) is 14.1 Å². The van der Waals surface area contributed by atoms with Crippen molar-refractivity contribution in [3.8, 4) is 6.07 Å². The minimum Gasteiger partial charge on any atom is -0.356 e. The minimum absolute atomic E-state index is 0.0324. The highest BCUT2D eigenvalue weighted by Crippen LogP contribution is 2.32. The molecule has 0 bridgehead atoms. The second-order valence-electron chi connectivity index (χ2n) is 6.30. The Hall–Kier alpha value is -2.81. The van der Waals surface area contributed by atoms with Crippen molar-refractivity contribution in [1.82, 2.24) is 9.13 Å². The first-order valence-corrected chi connectivity index (χ1v) is 7.96. The Morgan fingerprint density at radius 1 is 1.17 bits per heavy atom. The van der Waals surface area contributed by atoms with Crippen molar-refractivity contribution in [3.05, 3.63) is 61.8 Å². The highest BCUT2D eigenvalue weighted by Gasteiger charge is 2.29. The third kappa shape index (κ3) is 2.42. The van der Waals surface area contributed by atoms with Crippen LogP contribution in [0.4, 0.5) is 5.82 Å². The van der Waals surface area contributed by atoms with Crippen molar-refractivity contribution in [1.29, 1.82) is 5.26 Å². The largest absolute Gasteiger partial charge is 0.356 e. The number of hydrogen-bond donors (Lipinski definition) is 0. The van der Waals surface area contributed by atoms with Crippen LogP contribution in [0.1, 0.15) is 29.0 Å². The zero-order valence-corrected chi connectivity index (χ0v) is 14.1. The second kappa shape index (κ2) is 6.00. The fourth-order valence-corrected chi connectivity index (χ4v) is 3.55. The molecule has 0 N–H and O–H groups in total. The van der Waals surface area contributed by atoms with E-state index in [1.54, 1.807) is 7.05 Å². The summed E-state index contributed by atoms with van der Waals surface area (Å²) in [5.41, 5.74) is 1.61. The summed E-state index contributed by atoms with van der Waals surface area (Å²) in [7, 11) is 3.01. The van der Waals surface area contributed by atoms with Gasteiger partial charge in [0.25, 0.3) is 5.56 Å². The predicted octanol–water partition coefficient (Wildman–Crippen LogP) is 1.26. The van der Waals surface area contributed by atoms with Crippen molar-refractivity contribution in [2.45, 2.75) is 19.3 Å². The SMILES string of the molecule is Cc1ccccc1C1CCN(c2c(C#N)c(=O)n(C)c(=O)n2C)C1. The highest BCUT2D eigenvalue weighted by molar-refractivity contribution is 5.55. The number of rotatable bonds is 2. The van der Waals surface area contributed by atoms with E-state index in [4.69, 9.17) is 0 Å². The zero-order valence-electron chi connectivity index (χ0n) is 14.1. The first-order valence-electron chi connectivity index (χ1n) is 7.96. The van der Waals surface area contributed by atoms with Gasteiger partial charge in [-0.1, -0.05) is 24.3 Å². The molecule has 2 aromatic rings. The number of nitriles is 1. The van der Waals surface area contributed by atoms with Crippen LogP contribution in [-0.4, -0.2) is 22.2 Å². The maximum atomic E-state index is 12.3. The third-order valence-corrected chi connectivity index (χ3v) is 4.86. The lowest BCUT2D eigenvalue weighted by molar-refractivity contribution is 0.667. The summed E-state index contributed by atoms with van der Waals surface area (Å²) < 4.78 is 2.39. The highest BCUT2D eigenvalue weighted by atomic mass is 16.2. The average molecular weight is 324 g/mol. The van der Waals surface area contributed by atoms with Gasteiger partial charge in [0.1, 0.15) is 11.9 Å². The molecule has 0 saturated carbocycles. The quantitative estimate of drug-likeness (QED) is 0.834. The fourth-order valence-electron chi connectivity index (χ4n) is 3.55. The van der Waals surface area contributed by atoms with Gasteiger partial charge in [0.15, 0.2) is 5.56 Å². The van der Waals surface area contributed by atoms with E-state index < -0.39 is 11.2 Å². The summed E-state index contributed by atoms with van der Waals surface area (Å²) >= 11 is 0. The van der Waals surface area contributed by atoms with Crippen molar-refractivity contribution >= 4 is 5.82 Å². The minimum atomic E-state index is -0.532. The van der Waals surface area contributed by atoms with E-state index in [1.807, 2.05) is 23.1 Å². The van der Waals surface area contributed by atoms with Crippen molar-refractivity contribution in [3.63, 3.8) is 0 Å².